The van der Waals surface area contributed by atoms with E-state index in [1.807, 2.05) is 23.3 Å². The lowest BCUT2D eigenvalue weighted by Crippen LogP contribution is -2.34. The van der Waals surface area contributed by atoms with Gasteiger partial charge in [0.1, 0.15) is 11.3 Å². The monoisotopic (exact) mass is 403 g/mol. The van der Waals surface area contributed by atoms with Gasteiger partial charge in [-0.15, -0.1) is 11.3 Å². The highest BCUT2D eigenvalue weighted by Gasteiger charge is 2.30. The number of carbonyl (C=O) groups is 1. The molecule has 1 unspecified atom stereocenters. The van der Waals surface area contributed by atoms with E-state index in [-0.39, 0.29) is 18.6 Å². The van der Waals surface area contributed by atoms with Gasteiger partial charge in [0.05, 0.1) is 11.1 Å². The molecule has 4 rings (SSSR count). The molecule has 1 saturated heterocycles. The number of nitrogens with zero attached hydrogens (tertiary/aromatic N) is 1. The fraction of sp³-hybridized carbons (Fsp3) is 0.300. The Morgan fingerprint density at radius 1 is 1.41 bits per heavy atom. The Labute approximate surface area is 165 Å². The highest BCUT2D eigenvalue weighted by Crippen LogP contribution is 2.35. The van der Waals surface area contributed by atoms with Crippen LogP contribution in [0.1, 0.15) is 29.3 Å². The maximum Gasteiger partial charge on any atom is 0.336 e. The second kappa shape index (κ2) is 7.37. The van der Waals surface area contributed by atoms with E-state index in [0.29, 0.717) is 16.4 Å². The van der Waals surface area contributed by atoms with Crippen molar-refractivity contribution < 1.29 is 13.9 Å². The highest BCUT2D eigenvalue weighted by molar-refractivity contribution is 7.10. The number of rotatable bonds is 4. The van der Waals surface area contributed by atoms with Crippen molar-refractivity contribution in [3.8, 4) is 5.75 Å². The Morgan fingerprint density at radius 3 is 3.04 bits per heavy atom. The summed E-state index contributed by atoms with van der Waals surface area (Å²) >= 11 is 7.96. The molecule has 0 bridgehead atoms. The molecule has 0 saturated carbocycles. The molecule has 0 radical (unpaired) electrons. The van der Waals surface area contributed by atoms with Crippen LogP contribution in [0.2, 0.25) is 5.02 Å². The molecule has 1 aromatic carbocycles. The molecule has 1 fully saturated rings. The van der Waals surface area contributed by atoms with Gasteiger partial charge in [-0.25, -0.2) is 4.79 Å². The summed E-state index contributed by atoms with van der Waals surface area (Å²) in [5.74, 6) is 0.255. The van der Waals surface area contributed by atoms with Gasteiger partial charge >= 0.3 is 5.63 Å². The van der Waals surface area contributed by atoms with E-state index >= 15 is 0 Å². The van der Waals surface area contributed by atoms with Crippen LogP contribution in [0.3, 0.4) is 0 Å². The number of aryl methyl sites for hydroxylation is 1. The van der Waals surface area contributed by atoms with E-state index in [4.69, 9.17) is 20.8 Å². The summed E-state index contributed by atoms with van der Waals surface area (Å²) in [5, 5.41) is 3.15. The van der Waals surface area contributed by atoms with Crippen molar-refractivity contribution in [2.24, 2.45) is 0 Å². The second-order valence-corrected chi connectivity index (χ2v) is 7.96. The summed E-state index contributed by atoms with van der Waals surface area (Å²) in [4.78, 5) is 27.3. The quantitative estimate of drug-likeness (QED) is 0.599. The first-order chi connectivity index (χ1) is 13.0. The smallest absolute Gasteiger partial charge is 0.336 e. The third-order valence-corrected chi connectivity index (χ3v) is 6.07. The molecule has 3 heterocycles. The van der Waals surface area contributed by atoms with E-state index in [1.54, 1.807) is 23.5 Å². The van der Waals surface area contributed by atoms with Crippen molar-refractivity contribution in [1.29, 1.82) is 0 Å². The van der Waals surface area contributed by atoms with Crippen molar-refractivity contribution in [1.82, 2.24) is 4.90 Å². The second-order valence-electron chi connectivity index (χ2n) is 6.58. The largest absolute Gasteiger partial charge is 0.482 e. The highest BCUT2D eigenvalue weighted by atomic mass is 35.5. The molecule has 7 heteroatoms. The lowest BCUT2D eigenvalue weighted by Gasteiger charge is -2.24. The van der Waals surface area contributed by atoms with E-state index < -0.39 is 5.63 Å². The van der Waals surface area contributed by atoms with Gasteiger partial charge in [0, 0.05) is 28.9 Å². The Hall–Kier alpha value is -2.31. The van der Waals surface area contributed by atoms with Crippen molar-refractivity contribution in [3.63, 3.8) is 0 Å². The van der Waals surface area contributed by atoms with Crippen LogP contribution in [0.4, 0.5) is 0 Å². The number of amides is 1. The summed E-state index contributed by atoms with van der Waals surface area (Å²) < 4.78 is 10.9. The summed E-state index contributed by atoms with van der Waals surface area (Å²) in [7, 11) is 0. The summed E-state index contributed by atoms with van der Waals surface area (Å²) in [6.07, 6.45) is 1.95. The molecular formula is C20H18ClNO4S. The molecule has 1 atom stereocenters. The molecule has 140 valence electrons. The number of thiophene rings is 1. The Bertz CT molecular complexity index is 1040. The SMILES string of the molecule is Cc1cc(=O)oc2cc(OCC(=O)N3CCCC3c3cccs3)c(Cl)cc12. The number of benzene rings is 1. The lowest BCUT2D eigenvalue weighted by molar-refractivity contribution is -0.134. The number of halogens is 1. The van der Waals surface area contributed by atoms with Crippen LogP contribution in [0.5, 0.6) is 5.75 Å². The van der Waals surface area contributed by atoms with Crippen molar-refractivity contribution in [3.05, 3.63) is 61.6 Å². The van der Waals surface area contributed by atoms with Crippen LogP contribution in [0.15, 0.2) is 44.9 Å². The van der Waals surface area contributed by atoms with Gasteiger partial charge in [0.25, 0.3) is 5.91 Å². The lowest BCUT2D eigenvalue weighted by atomic mass is 10.1. The number of likely N-dealkylation sites (tertiary alicyclic amines) is 1. The average molecular weight is 404 g/mol. The van der Waals surface area contributed by atoms with E-state index in [0.717, 1.165) is 30.3 Å². The van der Waals surface area contributed by atoms with Crippen LogP contribution >= 0.6 is 22.9 Å². The topological polar surface area (TPSA) is 59.8 Å². The van der Waals surface area contributed by atoms with Gasteiger partial charge in [0.15, 0.2) is 6.61 Å². The van der Waals surface area contributed by atoms with Crippen LogP contribution in [-0.4, -0.2) is 24.0 Å². The predicted molar refractivity (Wildman–Crippen MR) is 106 cm³/mol. The van der Waals surface area contributed by atoms with E-state index in [1.165, 1.54) is 10.9 Å². The first kappa shape index (κ1) is 18.1. The Kier molecular flexibility index (Phi) is 4.93. The third kappa shape index (κ3) is 3.59. The molecule has 0 aliphatic carbocycles. The normalized spacial score (nSPS) is 16.8. The summed E-state index contributed by atoms with van der Waals surface area (Å²) in [6.45, 7) is 2.44. The molecule has 3 aromatic rings. The van der Waals surface area contributed by atoms with Crippen molar-refractivity contribution in [2.75, 3.05) is 13.2 Å². The fourth-order valence-electron chi connectivity index (χ4n) is 3.49. The van der Waals surface area contributed by atoms with Crippen LogP contribution in [0, 0.1) is 6.92 Å². The third-order valence-electron chi connectivity index (χ3n) is 4.80. The molecule has 5 nitrogen and oxygen atoms in total. The number of hydrogen-bond donors (Lipinski definition) is 0. The van der Waals surface area contributed by atoms with Crippen molar-refractivity contribution in [2.45, 2.75) is 25.8 Å². The standard InChI is InChI=1S/C20H18ClNO4S/c1-12-8-20(24)26-16-10-17(14(21)9-13(12)16)25-11-19(23)22-6-2-4-15(22)18-5-3-7-27-18/h3,5,7-10,15H,2,4,6,11H2,1H3. The van der Waals surface area contributed by atoms with Gasteiger partial charge in [0.2, 0.25) is 0 Å². The zero-order chi connectivity index (χ0) is 19.0. The van der Waals surface area contributed by atoms with Gasteiger partial charge in [-0.1, -0.05) is 17.7 Å². The number of ether oxygens (including phenoxy) is 1. The minimum absolute atomic E-state index is 0.0761. The number of hydrogen-bond acceptors (Lipinski definition) is 5. The average Bonchev–Trinajstić information content (AvgIpc) is 3.31. The fourth-order valence-corrected chi connectivity index (χ4v) is 4.59. The predicted octanol–water partition coefficient (Wildman–Crippen LogP) is 4.56. The maximum atomic E-state index is 12.7. The number of carbonyl (C=O) groups excluding carboxylic acids is 1. The van der Waals surface area contributed by atoms with Gasteiger partial charge in [-0.05, 0) is 42.8 Å². The molecule has 0 N–H and O–H groups in total. The minimum atomic E-state index is -0.430. The van der Waals surface area contributed by atoms with E-state index in [2.05, 4.69) is 6.07 Å². The molecule has 1 aliphatic rings. The van der Waals surface area contributed by atoms with Gasteiger partial charge < -0.3 is 14.1 Å². The first-order valence-corrected chi connectivity index (χ1v) is 9.98. The van der Waals surface area contributed by atoms with E-state index in [9.17, 15) is 9.59 Å². The molecule has 2 aromatic heterocycles. The molecule has 1 aliphatic heterocycles. The zero-order valence-electron chi connectivity index (χ0n) is 14.7. The summed E-state index contributed by atoms with van der Waals surface area (Å²) in [6, 6.07) is 8.86. The minimum Gasteiger partial charge on any atom is -0.482 e. The summed E-state index contributed by atoms with van der Waals surface area (Å²) in [5.41, 5.74) is 0.742. The maximum absolute atomic E-state index is 12.7. The zero-order valence-corrected chi connectivity index (χ0v) is 16.3. The Balaban J connectivity index is 1.52. The van der Waals surface area contributed by atoms with Crippen LogP contribution in [0.25, 0.3) is 11.0 Å². The molecule has 27 heavy (non-hydrogen) atoms. The Morgan fingerprint density at radius 2 is 2.26 bits per heavy atom. The molecule has 0 spiro atoms. The van der Waals surface area contributed by atoms with Crippen LogP contribution < -0.4 is 10.4 Å². The number of fused-ring (bicyclic) bond motifs is 1. The molecular weight excluding hydrogens is 386 g/mol. The van der Waals surface area contributed by atoms with Crippen LogP contribution in [-0.2, 0) is 4.79 Å². The van der Waals surface area contributed by atoms with Gasteiger partial charge in [-0.2, -0.15) is 0 Å². The van der Waals surface area contributed by atoms with Crippen molar-refractivity contribution >= 4 is 39.8 Å². The van der Waals surface area contributed by atoms with Gasteiger partial charge in [-0.3, -0.25) is 4.79 Å². The molecule has 1 amide bonds. The first-order valence-electron chi connectivity index (χ1n) is 8.72.